The van der Waals surface area contributed by atoms with Gasteiger partial charge in [0.25, 0.3) is 10.0 Å². The molecule has 0 radical (unpaired) electrons. The lowest BCUT2D eigenvalue weighted by molar-refractivity contribution is -0.0648. The van der Waals surface area contributed by atoms with E-state index in [1.54, 1.807) is 36.3 Å². The first-order chi connectivity index (χ1) is 19.9. The van der Waals surface area contributed by atoms with Gasteiger partial charge in [-0.15, -0.1) is 0 Å². The van der Waals surface area contributed by atoms with Crippen LogP contribution in [0.3, 0.4) is 0 Å². The number of hydrogen-bond donors (Lipinski definition) is 0. The smallest absolute Gasteiger partial charge is 0.271 e. The SMILES string of the molecule is COc1ccc(CN(c2cccc(F)n2)S(=O)(=O)c2c(F)cc(N3CCC(OC)(C4(N(C)C)CC4)C3)c(Cl)c2F)cc1. The number of halogens is 4. The van der Waals surface area contributed by atoms with E-state index in [-0.39, 0.29) is 17.0 Å². The molecule has 1 aliphatic carbocycles. The van der Waals surface area contributed by atoms with Gasteiger partial charge in [-0.25, -0.2) is 26.5 Å². The Kier molecular flexibility index (Phi) is 8.12. The Balaban J connectivity index is 1.54. The Morgan fingerprint density at radius 1 is 1.05 bits per heavy atom. The van der Waals surface area contributed by atoms with Crippen molar-refractivity contribution in [3.05, 3.63) is 76.7 Å². The fourth-order valence-electron chi connectivity index (χ4n) is 6.02. The molecule has 2 aromatic carbocycles. The van der Waals surface area contributed by atoms with Crippen molar-refractivity contribution in [1.82, 2.24) is 9.88 Å². The van der Waals surface area contributed by atoms with E-state index in [4.69, 9.17) is 21.1 Å². The molecular formula is C29H32ClF3N4O4S. The monoisotopic (exact) mass is 624 g/mol. The van der Waals surface area contributed by atoms with E-state index in [9.17, 15) is 12.8 Å². The van der Waals surface area contributed by atoms with Crippen LogP contribution in [0.25, 0.3) is 0 Å². The molecular weight excluding hydrogens is 593 g/mol. The molecule has 42 heavy (non-hydrogen) atoms. The van der Waals surface area contributed by atoms with Gasteiger partial charge in [0.2, 0.25) is 5.95 Å². The number of benzene rings is 2. The van der Waals surface area contributed by atoms with Crippen LogP contribution in [0.5, 0.6) is 5.75 Å². The number of sulfonamides is 1. The van der Waals surface area contributed by atoms with Gasteiger partial charge in [-0.05, 0) is 63.2 Å². The van der Waals surface area contributed by atoms with E-state index in [1.807, 2.05) is 14.1 Å². The number of ether oxygens (including phenoxy) is 2. The zero-order valence-electron chi connectivity index (χ0n) is 23.7. The molecule has 1 saturated heterocycles. The second-order valence-corrected chi connectivity index (χ2v) is 13.0. The molecule has 0 amide bonds. The lowest BCUT2D eigenvalue weighted by Gasteiger charge is -2.41. The van der Waals surface area contributed by atoms with Gasteiger partial charge in [0.1, 0.15) is 28.0 Å². The van der Waals surface area contributed by atoms with Gasteiger partial charge in [0.15, 0.2) is 10.7 Å². The maximum atomic E-state index is 16.0. The van der Waals surface area contributed by atoms with Crippen LogP contribution < -0.4 is 13.9 Å². The minimum Gasteiger partial charge on any atom is -0.497 e. The van der Waals surface area contributed by atoms with Crippen LogP contribution in [0.15, 0.2) is 53.4 Å². The van der Waals surface area contributed by atoms with E-state index >= 15 is 8.78 Å². The molecule has 1 aromatic heterocycles. The van der Waals surface area contributed by atoms with Crippen molar-refractivity contribution >= 4 is 33.1 Å². The zero-order chi connectivity index (χ0) is 30.4. The predicted molar refractivity (Wildman–Crippen MR) is 154 cm³/mol. The summed E-state index contributed by atoms with van der Waals surface area (Å²) >= 11 is 6.45. The number of rotatable bonds is 10. The minimum absolute atomic E-state index is 0.0321. The lowest BCUT2D eigenvalue weighted by Crippen LogP contribution is -2.55. The van der Waals surface area contributed by atoms with Crippen molar-refractivity contribution in [2.45, 2.75) is 41.8 Å². The van der Waals surface area contributed by atoms with Crippen molar-refractivity contribution in [1.29, 1.82) is 0 Å². The van der Waals surface area contributed by atoms with E-state index in [0.29, 0.717) is 35.1 Å². The standard InChI is InChI=1S/C29H32ClF3N4O4S/c1-35(2)28(12-13-28)29(41-4)14-15-36(18-29)22-16-21(31)27(26(33)25(22)30)42(38,39)37(24-7-5-6-23(32)34-24)17-19-8-10-20(40-3)11-9-19/h5-11,16H,12-15,17-18H2,1-4H3. The summed E-state index contributed by atoms with van der Waals surface area (Å²) in [7, 11) is 2.09. The first-order valence-corrected chi connectivity index (χ1v) is 15.1. The molecule has 1 saturated carbocycles. The largest absolute Gasteiger partial charge is 0.497 e. The summed E-state index contributed by atoms with van der Waals surface area (Å²) in [6.45, 7) is 0.338. The summed E-state index contributed by atoms with van der Waals surface area (Å²) in [6.07, 6.45) is 2.45. The topological polar surface area (TPSA) is 75.2 Å². The predicted octanol–water partition coefficient (Wildman–Crippen LogP) is 5.25. The summed E-state index contributed by atoms with van der Waals surface area (Å²) < 4.78 is 85.5. The molecule has 0 bridgehead atoms. The Morgan fingerprint density at radius 3 is 2.31 bits per heavy atom. The zero-order valence-corrected chi connectivity index (χ0v) is 25.3. The van der Waals surface area contributed by atoms with Crippen molar-refractivity contribution < 1.29 is 31.1 Å². The van der Waals surface area contributed by atoms with Crippen LogP contribution in [0.1, 0.15) is 24.8 Å². The average Bonchev–Trinajstić information content (AvgIpc) is 3.68. The molecule has 2 heterocycles. The minimum atomic E-state index is -4.97. The second-order valence-electron chi connectivity index (χ2n) is 10.8. The molecule has 1 atom stereocenters. The highest BCUT2D eigenvalue weighted by molar-refractivity contribution is 7.92. The van der Waals surface area contributed by atoms with Crippen LogP contribution in [0.2, 0.25) is 5.02 Å². The fourth-order valence-corrected chi connectivity index (χ4v) is 7.86. The highest BCUT2D eigenvalue weighted by atomic mass is 35.5. The maximum Gasteiger partial charge on any atom is 0.271 e. The highest BCUT2D eigenvalue weighted by Crippen LogP contribution is 2.55. The van der Waals surface area contributed by atoms with Crippen LogP contribution >= 0.6 is 11.6 Å². The van der Waals surface area contributed by atoms with E-state index < -0.39 is 49.7 Å². The van der Waals surface area contributed by atoms with E-state index in [2.05, 4.69) is 9.88 Å². The number of pyridine rings is 1. The molecule has 0 spiro atoms. The van der Waals surface area contributed by atoms with Gasteiger partial charge in [0, 0.05) is 26.3 Å². The Morgan fingerprint density at radius 2 is 1.74 bits per heavy atom. The Hall–Kier alpha value is -3.06. The molecule has 2 aliphatic rings. The lowest BCUT2D eigenvalue weighted by atomic mass is 9.89. The number of anilines is 2. The van der Waals surface area contributed by atoms with Crippen LogP contribution in [-0.2, 0) is 21.3 Å². The molecule has 0 N–H and O–H groups in total. The first-order valence-electron chi connectivity index (χ1n) is 13.3. The fraction of sp³-hybridized carbons (Fsp3) is 0.414. The number of aromatic nitrogens is 1. The van der Waals surface area contributed by atoms with Gasteiger partial charge in [-0.2, -0.15) is 4.39 Å². The molecule has 2 fully saturated rings. The summed E-state index contributed by atoms with van der Waals surface area (Å²) in [5, 5.41) is -0.534. The molecule has 5 rings (SSSR count). The Labute approximate surface area is 248 Å². The van der Waals surface area contributed by atoms with Crippen LogP contribution in [0, 0.1) is 17.6 Å². The van der Waals surface area contributed by atoms with Crippen molar-refractivity contribution in [3.8, 4) is 5.75 Å². The third-order valence-corrected chi connectivity index (χ3v) is 10.6. The molecule has 1 unspecified atom stereocenters. The third kappa shape index (κ3) is 5.08. The van der Waals surface area contributed by atoms with Gasteiger partial charge in [-0.3, -0.25) is 0 Å². The van der Waals surface area contributed by atoms with Gasteiger partial charge in [-0.1, -0.05) is 29.8 Å². The normalized spacial score (nSPS) is 19.8. The van der Waals surface area contributed by atoms with E-state index in [0.717, 1.165) is 25.0 Å². The first kappa shape index (κ1) is 30.4. The summed E-state index contributed by atoms with van der Waals surface area (Å²) in [5.74, 6) is -3.56. The van der Waals surface area contributed by atoms with Crippen LogP contribution in [0.4, 0.5) is 24.7 Å². The quantitative estimate of drug-likeness (QED) is 0.225. The van der Waals surface area contributed by atoms with Gasteiger partial charge in [0.05, 0.1) is 24.9 Å². The molecule has 8 nitrogen and oxygen atoms in total. The second kappa shape index (κ2) is 11.2. The van der Waals surface area contributed by atoms with Crippen LogP contribution in [-0.4, -0.2) is 70.8 Å². The number of hydrogen-bond acceptors (Lipinski definition) is 7. The molecule has 226 valence electrons. The third-order valence-electron chi connectivity index (χ3n) is 8.48. The van der Waals surface area contributed by atoms with Gasteiger partial charge >= 0.3 is 0 Å². The Bertz CT molecular complexity index is 1590. The van der Waals surface area contributed by atoms with Crippen molar-refractivity contribution in [2.24, 2.45) is 0 Å². The van der Waals surface area contributed by atoms with Gasteiger partial charge < -0.3 is 19.3 Å². The van der Waals surface area contributed by atoms with Crippen molar-refractivity contribution in [2.75, 3.05) is 50.6 Å². The molecule has 1 aliphatic heterocycles. The summed E-state index contributed by atoms with van der Waals surface area (Å²) in [5.41, 5.74) is -0.319. The maximum absolute atomic E-state index is 16.0. The number of likely N-dealkylation sites (N-methyl/N-ethyl adjacent to an activating group) is 1. The average molecular weight is 625 g/mol. The summed E-state index contributed by atoms with van der Waals surface area (Å²) in [4.78, 5) is 6.27. The highest BCUT2D eigenvalue weighted by Gasteiger charge is 2.63. The molecule has 13 heteroatoms. The number of nitrogens with zero attached hydrogens (tertiary/aromatic N) is 4. The summed E-state index contributed by atoms with van der Waals surface area (Å²) in [6, 6.07) is 10.8. The van der Waals surface area contributed by atoms with Crippen molar-refractivity contribution in [3.63, 3.8) is 0 Å². The van der Waals surface area contributed by atoms with E-state index in [1.165, 1.54) is 19.2 Å². The molecule has 3 aromatic rings. The number of methoxy groups -OCH3 is 2.